The minimum Gasteiger partial charge on any atom is -0.385 e. The van der Waals surface area contributed by atoms with E-state index >= 15 is 0 Å². The first-order valence-electron chi connectivity index (χ1n) is 6.76. The van der Waals surface area contributed by atoms with E-state index in [1.54, 1.807) is 25.4 Å². The zero-order valence-corrected chi connectivity index (χ0v) is 13.7. The van der Waals surface area contributed by atoms with E-state index in [9.17, 15) is 4.79 Å². The zero-order valence-electron chi connectivity index (χ0n) is 12.1. The standard InChI is InChI=1S/C14H17ClN4O2S/c1-21-6-2-5-16-13(20)7-11-9-22-14(18-11)19-12-4-3-10(15)8-17-12/h3-4,8-9H,2,5-7H2,1H3,(H,16,20)(H,17,18,19). The van der Waals surface area contributed by atoms with Crippen LogP contribution in [0.1, 0.15) is 12.1 Å². The molecule has 2 aromatic rings. The molecule has 0 saturated carbocycles. The minimum absolute atomic E-state index is 0.0439. The monoisotopic (exact) mass is 340 g/mol. The highest BCUT2D eigenvalue weighted by Crippen LogP contribution is 2.20. The number of anilines is 2. The van der Waals surface area contributed by atoms with E-state index in [-0.39, 0.29) is 12.3 Å². The van der Waals surface area contributed by atoms with Crippen molar-refractivity contribution in [1.29, 1.82) is 0 Å². The van der Waals surface area contributed by atoms with Crippen molar-refractivity contribution in [2.24, 2.45) is 0 Å². The Kier molecular flexibility index (Phi) is 6.57. The van der Waals surface area contributed by atoms with E-state index < -0.39 is 0 Å². The number of aromatic nitrogens is 2. The Bertz CT molecular complexity index is 603. The summed E-state index contributed by atoms with van der Waals surface area (Å²) in [6, 6.07) is 3.52. The van der Waals surface area contributed by atoms with Crippen LogP contribution in [-0.2, 0) is 16.0 Å². The largest absolute Gasteiger partial charge is 0.385 e. The summed E-state index contributed by atoms with van der Waals surface area (Å²) in [6.45, 7) is 1.25. The van der Waals surface area contributed by atoms with Crippen molar-refractivity contribution in [3.05, 3.63) is 34.4 Å². The van der Waals surface area contributed by atoms with Crippen molar-refractivity contribution in [2.75, 3.05) is 25.6 Å². The molecule has 0 radical (unpaired) electrons. The third-order valence-corrected chi connectivity index (χ3v) is 3.73. The molecular weight excluding hydrogens is 324 g/mol. The third-order valence-electron chi connectivity index (χ3n) is 2.70. The maximum Gasteiger partial charge on any atom is 0.226 e. The van der Waals surface area contributed by atoms with Gasteiger partial charge in [-0.05, 0) is 18.6 Å². The molecule has 1 amide bonds. The van der Waals surface area contributed by atoms with Crippen LogP contribution < -0.4 is 10.6 Å². The lowest BCUT2D eigenvalue weighted by molar-refractivity contribution is -0.120. The predicted octanol–water partition coefficient (Wildman–Crippen LogP) is 2.63. The van der Waals surface area contributed by atoms with Crippen molar-refractivity contribution in [2.45, 2.75) is 12.8 Å². The van der Waals surface area contributed by atoms with Crippen LogP contribution in [0.4, 0.5) is 10.9 Å². The second-order valence-corrected chi connectivity index (χ2v) is 5.80. The molecule has 0 aliphatic carbocycles. The molecule has 0 aliphatic rings. The van der Waals surface area contributed by atoms with Gasteiger partial charge in [0.05, 0.1) is 17.1 Å². The normalized spacial score (nSPS) is 10.5. The van der Waals surface area contributed by atoms with Crippen LogP contribution in [-0.4, -0.2) is 36.1 Å². The van der Waals surface area contributed by atoms with Crippen molar-refractivity contribution in [3.63, 3.8) is 0 Å². The van der Waals surface area contributed by atoms with Gasteiger partial charge in [0.15, 0.2) is 5.13 Å². The Morgan fingerprint density at radius 2 is 2.32 bits per heavy atom. The second kappa shape index (κ2) is 8.67. The van der Waals surface area contributed by atoms with E-state index in [4.69, 9.17) is 16.3 Å². The Labute approximate surface area is 137 Å². The number of halogens is 1. The smallest absolute Gasteiger partial charge is 0.226 e. The van der Waals surface area contributed by atoms with Gasteiger partial charge in [0.1, 0.15) is 5.82 Å². The predicted molar refractivity (Wildman–Crippen MR) is 87.9 cm³/mol. The lowest BCUT2D eigenvalue weighted by Crippen LogP contribution is -2.26. The van der Waals surface area contributed by atoms with Crippen LogP contribution in [0.5, 0.6) is 0 Å². The third kappa shape index (κ3) is 5.59. The number of hydrogen-bond donors (Lipinski definition) is 2. The van der Waals surface area contributed by atoms with E-state index in [2.05, 4.69) is 20.6 Å². The summed E-state index contributed by atoms with van der Waals surface area (Å²) in [7, 11) is 1.64. The Balaban J connectivity index is 1.80. The zero-order chi connectivity index (χ0) is 15.8. The molecule has 0 spiro atoms. The van der Waals surface area contributed by atoms with Gasteiger partial charge in [-0.3, -0.25) is 4.79 Å². The molecule has 2 aromatic heterocycles. The molecule has 118 valence electrons. The summed E-state index contributed by atoms with van der Waals surface area (Å²) in [5.41, 5.74) is 0.728. The fourth-order valence-corrected chi connectivity index (χ4v) is 2.51. The number of hydrogen-bond acceptors (Lipinski definition) is 6. The van der Waals surface area contributed by atoms with Gasteiger partial charge in [-0.2, -0.15) is 0 Å². The van der Waals surface area contributed by atoms with Crippen molar-refractivity contribution < 1.29 is 9.53 Å². The summed E-state index contributed by atoms with van der Waals surface area (Å²) >= 11 is 7.21. The van der Waals surface area contributed by atoms with Gasteiger partial charge in [-0.25, -0.2) is 9.97 Å². The number of pyridine rings is 1. The first kappa shape index (κ1) is 16.7. The number of methoxy groups -OCH3 is 1. The summed E-state index contributed by atoms with van der Waals surface area (Å²) in [5, 5.41) is 9.03. The number of ether oxygens (including phenoxy) is 1. The maximum atomic E-state index is 11.7. The summed E-state index contributed by atoms with van der Waals surface area (Å²) in [6.07, 6.45) is 2.62. The minimum atomic E-state index is -0.0439. The Hall–Kier alpha value is -1.70. The molecule has 2 N–H and O–H groups in total. The molecule has 0 aromatic carbocycles. The molecule has 2 rings (SSSR count). The first-order chi connectivity index (χ1) is 10.7. The number of amides is 1. The van der Waals surface area contributed by atoms with E-state index in [0.717, 1.165) is 12.1 Å². The Morgan fingerprint density at radius 1 is 1.45 bits per heavy atom. The number of nitrogens with one attached hydrogen (secondary N) is 2. The van der Waals surface area contributed by atoms with Gasteiger partial charge in [-0.1, -0.05) is 11.6 Å². The molecule has 0 saturated heterocycles. The highest BCUT2D eigenvalue weighted by molar-refractivity contribution is 7.13. The van der Waals surface area contributed by atoms with Gasteiger partial charge in [0.2, 0.25) is 5.91 Å². The second-order valence-electron chi connectivity index (χ2n) is 4.50. The molecule has 22 heavy (non-hydrogen) atoms. The highest BCUT2D eigenvalue weighted by atomic mass is 35.5. The van der Waals surface area contributed by atoms with Gasteiger partial charge in [0.25, 0.3) is 0 Å². The molecule has 2 heterocycles. The van der Waals surface area contributed by atoms with Crippen LogP contribution in [0, 0.1) is 0 Å². The fraction of sp³-hybridized carbons (Fsp3) is 0.357. The van der Waals surface area contributed by atoms with Crippen LogP contribution in [0.2, 0.25) is 5.02 Å². The molecule has 0 fully saturated rings. The number of thiazole rings is 1. The van der Waals surface area contributed by atoms with Gasteiger partial charge >= 0.3 is 0 Å². The number of carbonyl (C=O) groups excluding carboxylic acids is 1. The van der Waals surface area contributed by atoms with Gasteiger partial charge in [-0.15, -0.1) is 11.3 Å². The average Bonchev–Trinajstić information content (AvgIpc) is 2.93. The SMILES string of the molecule is COCCCNC(=O)Cc1csc(Nc2ccc(Cl)cn2)n1. The topological polar surface area (TPSA) is 76.1 Å². The van der Waals surface area contributed by atoms with Crippen LogP contribution in [0.15, 0.2) is 23.7 Å². The average molecular weight is 341 g/mol. The van der Waals surface area contributed by atoms with Crippen molar-refractivity contribution in [3.8, 4) is 0 Å². The molecule has 0 bridgehead atoms. The summed E-state index contributed by atoms with van der Waals surface area (Å²) in [4.78, 5) is 20.2. The molecular formula is C14H17ClN4O2S. The lowest BCUT2D eigenvalue weighted by atomic mass is 10.3. The number of rotatable bonds is 8. The highest BCUT2D eigenvalue weighted by Gasteiger charge is 2.08. The van der Waals surface area contributed by atoms with Crippen LogP contribution in [0.3, 0.4) is 0 Å². The quantitative estimate of drug-likeness (QED) is 0.722. The van der Waals surface area contributed by atoms with Gasteiger partial charge in [0, 0.05) is 31.8 Å². The fourth-order valence-electron chi connectivity index (χ4n) is 1.68. The van der Waals surface area contributed by atoms with E-state index in [0.29, 0.717) is 29.1 Å². The Morgan fingerprint density at radius 3 is 3.05 bits per heavy atom. The van der Waals surface area contributed by atoms with E-state index in [1.165, 1.54) is 11.3 Å². The molecule has 6 nitrogen and oxygen atoms in total. The van der Waals surface area contributed by atoms with E-state index in [1.807, 2.05) is 5.38 Å². The van der Waals surface area contributed by atoms with Gasteiger partial charge < -0.3 is 15.4 Å². The number of nitrogens with zero attached hydrogens (tertiary/aromatic N) is 2. The first-order valence-corrected chi connectivity index (χ1v) is 8.02. The van der Waals surface area contributed by atoms with Crippen molar-refractivity contribution >= 4 is 39.8 Å². The van der Waals surface area contributed by atoms with Crippen LogP contribution >= 0.6 is 22.9 Å². The maximum absolute atomic E-state index is 11.7. The lowest BCUT2D eigenvalue weighted by Gasteiger charge is -2.03. The molecule has 8 heteroatoms. The number of carbonyl (C=O) groups is 1. The van der Waals surface area contributed by atoms with Crippen LogP contribution in [0.25, 0.3) is 0 Å². The molecule has 0 unspecified atom stereocenters. The summed E-state index contributed by atoms with van der Waals surface area (Å²) in [5.74, 6) is 0.617. The van der Waals surface area contributed by atoms with Crippen molar-refractivity contribution in [1.82, 2.24) is 15.3 Å². The summed E-state index contributed by atoms with van der Waals surface area (Å²) < 4.78 is 4.92. The molecule has 0 aliphatic heterocycles. The molecule has 0 atom stereocenters.